The number of nitrogens with zero attached hydrogens (tertiary/aromatic N) is 1. The van der Waals surface area contributed by atoms with Gasteiger partial charge in [-0.3, -0.25) is 4.90 Å². The average molecular weight is 258 g/mol. The largest absolute Gasteiger partial charge is 0.298 e. The van der Waals surface area contributed by atoms with Crippen LogP contribution < -0.4 is 0 Å². The Kier molecular flexibility index (Phi) is 4.51. The molecule has 1 saturated heterocycles. The van der Waals surface area contributed by atoms with Crippen LogP contribution in [0.3, 0.4) is 0 Å². The Labute approximate surface area is 107 Å². The summed E-state index contributed by atoms with van der Waals surface area (Å²) >= 11 is 11.9. The van der Waals surface area contributed by atoms with E-state index < -0.39 is 0 Å². The zero-order chi connectivity index (χ0) is 11.4. The van der Waals surface area contributed by atoms with E-state index in [-0.39, 0.29) is 0 Å². The van der Waals surface area contributed by atoms with E-state index in [4.69, 9.17) is 23.2 Å². The molecule has 0 saturated carbocycles. The lowest BCUT2D eigenvalue weighted by atomic mass is 10.0. The molecule has 0 amide bonds. The molecule has 0 spiro atoms. The third-order valence-electron chi connectivity index (χ3n) is 3.30. The minimum absolute atomic E-state index is 0.558. The molecule has 0 aromatic heterocycles. The second-order valence-electron chi connectivity index (χ2n) is 4.51. The number of hydrogen-bond donors (Lipinski definition) is 0. The second-order valence-corrected chi connectivity index (χ2v) is 5.13. The molecule has 1 nitrogen and oxygen atoms in total. The van der Waals surface area contributed by atoms with Crippen molar-refractivity contribution >= 4 is 23.2 Å². The van der Waals surface area contributed by atoms with Gasteiger partial charge in [-0.25, -0.2) is 0 Å². The van der Waals surface area contributed by atoms with Crippen molar-refractivity contribution in [3.63, 3.8) is 0 Å². The van der Waals surface area contributed by atoms with Gasteiger partial charge in [0.15, 0.2) is 0 Å². The molecule has 0 aliphatic carbocycles. The Morgan fingerprint density at radius 2 is 1.56 bits per heavy atom. The molecule has 1 heterocycles. The highest BCUT2D eigenvalue weighted by atomic mass is 35.5. The van der Waals surface area contributed by atoms with Gasteiger partial charge in [0, 0.05) is 31.4 Å². The molecule has 2 rings (SSSR count). The number of hydrogen-bond acceptors (Lipinski definition) is 1. The number of benzene rings is 1. The van der Waals surface area contributed by atoms with Crippen LogP contribution in [-0.2, 0) is 6.54 Å². The van der Waals surface area contributed by atoms with Crippen LogP contribution in [0.15, 0.2) is 30.3 Å². The molecule has 2 atom stereocenters. The fourth-order valence-corrected chi connectivity index (χ4v) is 3.06. The molecule has 16 heavy (non-hydrogen) atoms. The van der Waals surface area contributed by atoms with Crippen molar-refractivity contribution in [2.45, 2.75) is 6.54 Å². The first-order valence-corrected chi connectivity index (χ1v) is 6.78. The van der Waals surface area contributed by atoms with E-state index >= 15 is 0 Å². The molecule has 0 bridgehead atoms. The van der Waals surface area contributed by atoms with E-state index in [0.29, 0.717) is 11.8 Å². The third-order valence-corrected chi connectivity index (χ3v) is 4.09. The van der Waals surface area contributed by atoms with Crippen molar-refractivity contribution in [1.82, 2.24) is 4.90 Å². The van der Waals surface area contributed by atoms with Gasteiger partial charge in [-0.2, -0.15) is 0 Å². The molecule has 1 aliphatic rings. The van der Waals surface area contributed by atoms with Crippen molar-refractivity contribution in [2.24, 2.45) is 11.8 Å². The zero-order valence-corrected chi connectivity index (χ0v) is 10.8. The van der Waals surface area contributed by atoms with E-state index in [0.717, 1.165) is 31.4 Å². The van der Waals surface area contributed by atoms with Crippen LogP contribution >= 0.6 is 23.2 Å². The second kappa shape index (κ2) is 5.90. The van der Waals surface area contributed by atoms with Crippen LogP contribution in [-0.4, -0.2) is 29.7 Å². The summed E-state index contributed by atoms with van der Waals surface area (Å²) in [5, 5.41) is 0. The highest BCUT2D eigenvalue weighted by molar-refractivity contribution is 6.19. The predicted molar refractivity (Wildman–Crippen MR) is 70.1 cm³/mol. The minimum atomic E-state index is 0.558. The molecule has 0 radical (unpaired) electrons. The Morgan fingerprint density at radius 1 is 1.00 bits per heavy atom. The maximum Gasteiger partial charge on any atom is 0.0267 e. The van der Waals surface area contributed by atoms with Gasteiger partial charge in [-0.15, -0.1) is 23.2 Å². The summed E-state index contributed by atoms with van der Waals surface area (Å²) in [4.78, 5) is 2.45. The van der Waals surface area contributed by atoms with Crippen molar-refractivity contribution < 1.29 is 0 Å². The predicted octanol–water partition coefficient (Wildman–Crippen LogP) is 3.21. The summed E-state index contributed by atoms with van der Waals surface area (Å²) < 4.78 is 0. The lowest BCUT2D eigenvalue weighted by molar-refractivity contribution is 0.316. The molecular weight excluding hydrogens is 241 g/mol. The Bertz CT molecular complexity index is 303. The van der Waals surface area contributed by atoms with Crippen LogP contribution in [0.4, 0.5) is 0 Å². The topological polar surface area (TPSA) is 3.24 Å². The van der Waals surface area contributed by atoms with Crippen LogP contribution in [0.2, 0.25) is 0 Å². The number of halogens is 2. The van der Waals surface area contributed by atoms with Crippen LogP contribution in [0.1, 0.15) is 5.56 Å². The first-order chi connectivity index (χ1) is 7.83. The summed E-state index contributed by atoms with van der Waals surface area (Å²) in [6.07, 6.45) is 0. The Hall–Kier alpha value is -0.240. The van der Waals surface area contributed by atoms with Crippen molar-refractivity contribution in [1.29, 1.82) is 0 Å². The smallest absolute Gasteiger partial charge is 0.0267 e. The monoisotopic (exact) mass is 257 g/mol. The highest BCUT2D eigenvalue weighted by Gasteiger charge is 2.31. The molecular formula is C13H17Cl2N. The van der Waals surface area contributed by atoms with Gasteiger partial charge in [-0.05, 0) is 17.4 Å². The number of alkyl halides is 2. The highest BCUT2D eigenvalue weighted by Crippen LogP contribution is 2.26. The van der Waals surface area contributed by atoms with Crippen molar-refractivity contribution in [3.05, 3.63) is 35.9 Å². The molecule has 1 fully saturated rings. The lowest BCUT2D eigenvalue weighted by Crippen LogP contribution is -2.20. The fraction of sp³-hybridized carbons (Fsp3) is 0.538. The van der Waals surface area contributed by atoms with E-state index in [1.54, 1.807) is 0 Å². The molecule has 0 N–H and O–H groups in total. The van der Waals surface area contributed by atoms with Crippen molar-refractivity contribution in [3.8, 4) is 0 Å². The van der Waals surface area contributed by atoms with Crippen LogP contribution in [0.5, 0.6) is 0 Å². The van der Waals surface area contributed by atoms with E-state index in [1.807, 2.05) is 0 Å². The van der Waals surface area contributed by atoms with Crippen LogP contribution in [0.25, 0.3) is 0 Å². The third kappa shape index (κ3) is 2.91. The molecule has 1 aliphatic heterocycles. The molecule has 88 valence electrons. The van der Waals surface area contributed by atoms with Crippen molar-refractivity contribution in [2.75, 3.05) is 24.8 Å². The lowest BCUT2D eigenvalue weighted by Gasteiger charge is -2.15. The van der Waals surface area contributed by atoms with Gasteiger partial charge >= 0.3 is 0 Å². The van der Waals surface area contributed by atoms with Gasteiger partial charge in [0.05, 0.1) is 0 Å². The first-order valence-electron chi connectivity index (χ1n) is 5.71. The summed E-state index contributed by atoms with van der Waals surface area (Å²) in [7, 11) is 0. The Balaban J connectivity index is 1.93. The molecule has 1 aromatic carbocycles. The summed E-state index contributed by atoms with van der Waals surface area (Å²) in [5.41, 5.74) is 1.37. The fourth-order valence-electron chi connectivity index (χ4n) is 2.36. The van der Waals surface area contributed by atoms with E-state index in [2.05, 4.69) is 35.2 Å². The average Bonchev–Trinajstić information content (AvgIpc) is 2.72. The summed E-state index contributed by atoms with van der Waals surface area (Å²) in [6, 6.07) is 10.6. The molecule has 3 heteroatoms. The normalized spacial score (nSPS) is 26.1. The SMILES string of the molecule is ClC[C@@H]1CN(Cc2ccccc2)C[C@@H]1CCl. The number of likely N-dealkylation sites (tertiary alicyclic amines) is 1. The van der Waals surface area contributed by atoms with E-state index in [9.17, 15) is 0 Å². The molecule has 1 aromatic rings. The van der Waals surface area contributed by atoms with Gasteiger partial charge in [-0.1, -0.05) is 30.3 Å². The van der Waals surface area contributed by atoms with Gasteiger partial charge in [0.1, 0.15) is 0 Å². The minimum Gasteiger partial charge on any atom is -0.298 e. The molecule has 0 unspecified atom stereocenters. The zero-order valence-electron chi connectivity index (χ0n) is 9.28. The quantitative estimate of drug-likeness (QED) is 0.749. The van der Waals surface area contributed by atoms with Gasteiger partial charge < -0.3 is 0 Å². The van der Waals surface area contributed by atoms with E-state index in [1.165, 1.54) is 5.56 Å². The van der Waals surface area contributed by atoms with Gasteiger partial charge in [0.25, 0.3) is 0 Å². The standard InChI is InChI=1S/C13H17Cl2N/c14-6-12-9-16(10-13(12)7-15)8-11-4-2-1-3-5-11/h1-5,12-13H,6-10H2/t12-,13+. The number of rotatable bonds is 4. The maximum atomic E-state index is 5.96. The Morgan fingerprint density at radius 3 is 2.06 bits per heavy atom. The first kappa shape index (κ1) is 12.2. The van der Waals surface area contributed by atoms with Gasteiger partial charge in [0.2, 0.25) is 0 Å². The van der Waals surface area contributed by atoms with Crippen LogP contribution in [0, 0.1) is 11.8 Å². The summed E-state index contributed by atoms with van der Waals surface area (Å²) in [5.74, 6) is 2.57. The maximum absolute atomic E-state index is 5.96. The summed E-state index contributed by atoms with van der Waals surface area (Å²) in [6.45, 7) is 3.17.